The van der Waals surface area contributed by atoms with Gasteiger partial charge in [0.1, 0.15) is 5.75 Å². The summed E-state index contributed by atoms with van der Waals surface area (Å²) >= 11 is 5.86. The number of carbonyl (C=O) groups excluding carboxylic acids is 2. The Morgan fingerprint density at radius 1 is 1.07 bits per heavy atom. The molecule has 148 valence electrons. The number of rotatable bonds is 6. The summed E-state index contributed by atoms with van der Waals surface area (Å²) in [6.07, 6.45) is 0.185. The summed E-state index contributed by atoms with van der Waals surface area (Å²) in [5.74, 6) is -0.511. The molecule has 3 rings (SSSR count). The van der Waals surface area contributed by atoms with Crippen molar-refractivity contribution in [1.29, 1.82) is 0 Å². The van der Waals surface area contributed by atoms with E-state index >= 15 is 0 Å². The quantitative estimate of drug-likeness (QED) is 0.668. The van der Waals surface area contributed by atoms with Crippen LogP contribution in [-0.4, -0.2) is 38.7 Å². The number of methoxy groups -OCH3 is 1. The molecule has 1 saturated heterocycles. The molecule has 0 atom stereocenters. The minimum Gasteiger partial charge on any atom is -0.495 e. The van der Waals surface area contributed by atoms with Gasteiger partial charge in [-0.3, -0.25) is 9.59 Å². The van der Waals surface area contributed by atoms with Crippen LogP contribution < -0.4 is 9.64 Å². The zero-order valence-corrected chi connectivity index (χ0v) is 17.0. The number of sulfonamides is 1. The molecule has 1 fully saturated rings. The van der Waals surface area contributed by atoms with Crippen LogP contribution in [0.25, 0.3) is 0 Å². The summed E-state index contributed by atoms with van der Waals surface area (Å²) in [6.45, 7) is 0.141. The van der Waals surface area contributed by atoms with Crippen molar-refractivity contribution in [2.75, 3.05) is 19.1 Å². The Kier molecular flexibility index (Phi) is 5.74. The first-order valence-electron chi connectivity index (χ1n) is 8.48. The molecule has 0 bridgehead atoms. The maximum atomic E-state index is 13.0. The Labute approximate surface area is 168 Å². The fourth-order valence-corrected chi connectivity index (χ4v) is 4.27. The van der Waals surface area contributed by atoms with Crippen LogP contribution >= 0.6 is 11.6 Å². The second-order valence-electron chi connectivity index (χ2n) is 6.34. The minimum atomic E-state index is -3.86. The summed E-state index contributed by atoms with van der Waals surface area (Å²) in [4.78, 5) is 25.1. The number of ether oxygens (including phenoxy) is 1. The fourth-order valence-electron chi connectivity index (χ4n) is 2.96. The van der Waals surface area contributed by atoms with Gasteiger partial charge >= 0.3 is 0 Å². The van der Waals surface area contributed by atoms with Crippen molar-refractivity contribution in [2.24, 2.45) is 0 Å². The number of benzene rings is 2. The Balaban J connectivity index is 1.95. The molecule has 1 heterocycles. The molecule has 0 aromatic heterocycles. The van der Waals surface area contributed by atoms with Crippen LogP contribution in [0.3, 0.4) is 0 Å². The van der Waals surface area contributed by atoms with E-state index in [0.717, 1.165) is 10.5 Å². The zero-order chi connectivity index (χ0) is 20.5. The molecule has 0 aliphatic carbocycles. The maximum Gasteiger partial charge on any atom is 0.243 e. The highest BCUT2D eigenvalue weighted by molar-refractivity contribution is 7.89. The van der Waals surface area contributed by atoms with Crippen LogP contribution in [0.15, 0.2) is 47.4 Å². The molecule has 0 radical (unpaired) electrons. The smallest absolute Gasteiger partial charge is 0.243 e. The van der Waals surface area contributed by atoms with E-state index in [0.29, 0.717) is 5.02 Å². The summed E-state index contributed by atoms with van der Waals surface area (Å²) in [7, 11) is -1.01. The number of amides is 2. The van der Waals surface area contributed by atoms with E-state index in [4.69, 9.17) is 16.3 Å². The number of carbonyl (C=O) groups is 2. The van der Waals surface area contributed by atoms with Gasteiger partial charge in [0, 0.05) is 31.5 Å². The third-order valence-electron chi connectivity index (χ3n) is 4.47. The highest BCUT2D eigenvalue weighted by atomic mass is 35.5. The van der Waals surface area contributed by atoms with Crippen LogP contribution in [0.2, 0.25) is 5.02 Å². The SMILES string of the molecule is COc1ccc(S(=O)(=O)N(C)Cc2ccc(Cl)cc2)cc1N1C(=O)CCC1=O. The standard InChI is InChI=1S/C19H19ClN2O5S/c1-21(12-13-3-5-14(20)6-4-13)28(25,26)15-7-8-17(27-2)16(11-15)22-18(23)9-10-19(22)24/h3-8,11H,9-10,12H2,1-2H3. The molecule has 2 aromatic carbocycles. The Morgan fingerprint density at radius 3 is 2.25 bits per heavy atom. The van der Waals surface area contributed by atoms with E-state index in [2.05, 4.69) is 0 Å². The second kappa shape index (κ2) is 7.90. The third kappa shape index (κ3) is 3.89. The van der Waals surface area contributed by atoms with E-state index in [-0.39, 0.29) is 47.5 Å². The van der Waals surface area contributed by atoms with Crippen LogP contribution in [0.4, 0.5) is 5.69 Å². The predicted octanol–water partition coefficient (Wildman–Crippen LogP) is 2.82. The molecular formula is C19H19ClN2O5S. The van der Waals surface area contributed by atoms with E-state index < -0.39 is 10.0 Å². The van der Waals surface area contributed by atoms with Crippen molar-refractivity contribution < 1.29 is 22.7 Å². The van der Waals surface area contributed by atoms with Crippen molar-refractivity contribution in [1.82, 2.24) is 4.31 Å². The van der Waals surface area contributed by atoms with E-state index in [1.165, 1.54) is 36.7 Å². The van der Waals surface area contributed by atoms with Gasteiger partial charge in [-0.25, -0.2) is 13.3 Å². The minimum absolute atomic E-state index is 0.0349. The van der Waals surface area contributed by atoms with Gasteiger partial charge in [0.15, 0.2) is 0 Å². The van der Waals surface area contributed by atoms with Gasteiger partial charge in [-0.2, -0.15) is 4.31 Å². The van der Waals surface area contributed by atoms with Crippen LogP contribution in [0.1, 0.15) is 18.4 Å². The Bertz CT molecular complexity index is 1010. The number of nitrogens with zero attached hydrogens (tertiary/aromatic N) is 2. The van der Waals surface area contributed by atoms with Gasteiger partial charge in [-0.05, 0) is 35.9 Å². The largest absolute Gasteiger partial charge is 0.495 e. The number of hydrogen-bond acceptors (Lipinski definition) is 5. The van der Waals surface area contributed by atoms with Crippen molar-refractivity contribution in [3.63, 3.8) is 0 Å². The van der Waals surface area contributed by atoms with E-state index in [1.54, 1.807) is 24.3 Å². The highest BCUT2D eigenvalue weighted by Crippen LogP contribution is 2.35. The normalized spacial score (nSPS) is 14.8. The zero-order valence-electron chi connectivity index (χ0n) is 15.4. The van der Waals surface area contributed by atoms with Gasteiger partial charge in [0.05, 0.1) is 17.7 Å². The first-order chi connectivity index (χ1) is 13.2. The Morgan fingerprint density at radius 2 is 1.68 bits per heavy atom. The number of imide groups is 1. The van der Waals surface area contributed by atoms with Crippen molar-refractivity contribution in [3.05, 3.63) is 53.1 Å². The van der Waals surface area contributed by atoms with Crippen molar-refractivity contribution >= 4 is 39.1 Å². The molecule has 1 aliphatic rings. The van der Waals surface area contributed by atoms with Gasteiger partial charge in [-0.15, -0.1) is 0 Å². The average molecular weight is 423 g/mol. The van der Waals surface area contributed by atoms with Gasteiger partial charge in [0.25, 0.3) is 0 Å². The topological polar surface area (TPSA) is 84.0 Å². The van der Waals surface area contributed by atoms with Gasteiger partial charge < -0.3 is 4.74 Å². The molecule has 28 heavy (non-hydrogen) atoms. The lowest BCUT2D eigenvalue weighted by Crippen LogP contribution is -2.30. The molecule has 7 nitrogen and oxygen atoms in total. The fraction of sp³-hybridized carbons (Fsp3) is 0.263. The lowest BCUT2D eigenvalue weighted by atomic mass is 10.2. The molecule has 2 aromatic rings. The van der Waals surface area contributed by atoms with Gasteiger partial charge in [0.2, 0.25) is 21.8 Å². The van der Waals surface area contributed by atoms with Crippen LogP contribution in [-0.2, 0) is 26.2 Å². The summed E-state index contributed by atoms with van der Waals surface area (Å²) < 4.78 is 32.4. The molecule has 0 saturated carbocycles. The molecule has 0 N–H and O–H groups in total. The van der Waals surface area contributed by atoms with E-state index in [9.17, 15) is 18.0 Å². The predicted molar refractivity (Wildman–Crippen MR) is 105 cm³/mol. The molecule has 0 unspecified atom stereocenters. The lowest BCUT2D eigenvalue weighted by Gasteiger charge is -2.21. The lowest BCUT2D eigenvalue weighted by molar-refractivity contribution is -0.121. The average Bonchev–Trinajstić information content (AvgIpc) is 3.01. The second-order valence-corrected chi connectivity index (χ2v) is 8.83. The summed E-state index contributed by atoms with van der Waals surface area (Å²) in [5.41, 5.74) is 0.907. The van der Waals surface area contributed by atoms with Crippen molar-refractivity contribution in [3.8, 4) is 5.75 Å². The maximum absolute atomic E-state index is 13.0. The summed E-state index contributed by atoms with van der Waals surface area (Å²) in [5, 5.41) is 0.564. The monoisotopic (exact) mass is 422 g/mol. The Hall–Kier alpha value is -2.42. The van der Waals surface area contributed by atoms with Crippen molar-refractivity contribution in [2.45, 2.75) is 24.3 Å². The summed E-state index contributed by atoms with van der Waals surface area (Å²) in [6, 6.07) is 11.0. The van der Waals surface area contributed by atoms with Crippen LogP contribution in [0.5, 0.6) is 5.75 Å². The third-order valence-corrected chi connectivity index (χ3v) is 6.52. The number of halogens is 1. The number of hydrogen-bond donors (Lipinski definition) is 0. The molecular weight excluding hydrogens is 404 g/mol. The highest BCUT2D eigenvalue weighted by Gasteiger charge is 2.33. The molecule has 0 spiro atoms. The van der Waals surface area contributed by atoms with Gasteiger partial charge in [-0.1, -0.05) is 23.7 Å². The van der Waals surface area contributed by atoms with Crippen LogP contribution in [0, 0.1) is 0 Å². The molecule has 2 amide bonds. The number of anilines is 1. The molecule has 9 heteroatoms. The first-order valence-corrected chi connectivity index (χ1v) is 10.3. The first kappa shape index (κ1) is 20.3. The van der Waals surface area contributed by atoms with E-state index in [1.807, 2.05) is 0 Å². The molecule has 1 aliphatic heterocycles.